The molecule has 0 spiro atoms. The van der Waals surface area contributed by atoms with Gasteiger partial charge in [0.2, 0.25) is 0 Å². The molecule has 14 heavy (non-hydrogen) atoms. The maximum atomic E-state index is 3.77. The van der Waals surface area contributed by atoms with Crippen LogP contribution >= 0.6 is 11.3 Å². The van der Waals surface area contributed by atoms with Crippen molar-refractivity contribution >= 4 is 11.3 Å². The number of hydrogen-bond acceptors (Lipinski definition) is 2. The molecule has 2 rings (SSSR count). The predicted molar refractivity (Wildman–Crippen MR) is 62.7 cm³/mol. The molecule has 0 radical (unpaired) electrons. The van der Waals surface area contributed by atoms with Gasteiger partial charge >= 0.3 is 0 Å². The summed E-state index contributed by atoms with van der Waals surface area (Å²) < 4.78 is 0. The molecule has 1 atom stereocenters. The lowest BCUT2D eigenvalue weighted by atomic mass is 9.90. The van der Waals surface area contributed by atoms with Gasteiger partial charge in [0.25, 0.3) is 0 Å². The molecule has 78 valence electrons. The third-order valence-electron chi connectivity index (χ3n) is 3.04. The van der Waals surface area contributed by atoms with E-state index in [0.29, 0.717) is 12.0 Å². The van der Waals surface area contributed by atoms with Crippen LogP contribution in [0.25, 0.3) is 0 Å². The number of rotatable bonds is 4. The van der Waals surface area contributed by atoms with Crippen molar-refractivity contribution in [3.63, 3.8) is 0 Å². The Morgan fingerprint density at radius 1 is 1.43 bits per heavy atom. The van der Waals surface area contributed by atoms with Crippen LogP contribution in [-0.4, -0.2) is 6.04 Å². The van der Waals surface area contributed by atoms with E-state index in [4.69, 9.17) is 0 Å². The number of nitrogens with one attached hydrogen (secondary N) is 1. The van der Waals surface area contributed by atoms with Crippen molar-refractivity contribution < 1.29 is 0 Å². The van der Waals surface area contributed by atoms with Gasteiger partial charge in [-0.25, -0.2) is 0 Å². The Kier molecular flexibility index (Phi) is 3.24. The first kappa shape index (κ1) is 10.2. The van der Waals surface area contributed by atoms with Crippen LogP contribution in [0.15, 0.2) is 17.5 Å². The highest BCUT2D eigenvalue weighted by Gasteiger charge is 2.24. The standard InChI is InChI=1S/C12H19NS/c1-9(2)12(11-7-4-8-14-11)13-10-5-3-6-10/h4,7-10,12-13H,3,5-6H2,1-2H3. The lowest BCUT2D eigenvalue weighted by molar-refractivity contribution is 0.275. The third-order valence-corrected chi connectivity index (χ3v) is 3.99. The maximum Gasteiger partial charge on any atom is 0.0440 e. The predicted octanol–water partition coefficient (Wildman–Crippen LogP) is 3.59. The summed E-state index contributed by atoms with van der Waals surface area (Å²) in [6.07, 6.45) is 4.15. The average Bonchev–Trinajstić information content (AvgIpc) is 2.53. The Morgan fingerprint density at radius 3 is 2.64 bits per heavy atom. The molecule has 1 aromatic heterocycles. The van der Waals surface area contributed by atoms with Crippen LogP contribution in [0.5, 0.6) is 0 Å². The normalized spacial score (nSPS) is 19.6. The van der Waals surface area contributed by atoms with Crippen molar-refractivity contribution in [3.05, 3.63) is 22.4 Å². The van der Waals surface area contributed by atoms with Crippen molar-refractivity contribution in [1.82, 2.24) is 5.32 Å². The second-order valence-electron chi connectivity index (χ2n) is 4.53. The van der Waals surface area contributed by atoms with Gasteiger partial charge in [-0.2, -0.15) is 0 Å². The van der Waals surface area contributed by atoms with Gasteiger partial charge in [0, 0.05) is 17.0 Å². The van der Waals surface area contributed by atoms with Crippen LogP contribution in [0.4, 0.5) is 0 Å². The molecule has 0 amide bonds. The minimum Gasteiger partial charge on any atom is -0.306 e. The molecule has 1 aliphatic carbocycles. The van der Waals surface area contributed by atoms with Gasteiger partial charge in [0.15, 0.2) is 0 Å². The summed E-state index contributed by atoms with van der Waals surface area (Å²) in [4.78, 5) is 1.49. The molecule has 1 saturated carbocycles. The van der Waals surface area contributed by atoms with Crippen molar-refractivity contribution in [2.24, 2.45) is 5.92 Å². The monoisotopic (exact) mass is 209 g/mol. The van der Waals surface area contributed by atoms with Gasteiger partial charge in [0.05, 0.1) is 0 Å². The highest BCUT2D eigenvalue weighted by molar-refractivity contribution is 7.10. The molecule has 1 aliphatic rings. The molecular formula is C12H19NS. The summed E-state index contributed by atoms with van der Waals surface area (Å²) in [5.41, 5.74) is 0. The van der Waals surface area contributed by atoms with Gasteiger partial charge < -0.3 is 5.32 Å². The highest BCUT2D eigenvalue weighted by atomic mass is 32.1. The van der Waals surface area contributed by atoms with E-state index in [1.807, 2.05) is 11.3 Å². The first-order valence-corrected chi connectivity index (χ1v) is 6.45. The minimum atomic E-state index is 0.570. The number of thiophene rings is 1. The minimum absolute atomic E-state index is 0.570. The summed E-state index contributed by atoms with van der Waals surface area (Å²) in [6, 6.07) is 5.75. The van der Waals surface area contributed by atoms with E-state index >= 15 is 0 Å². The van der Waals surface area contributed by atoms with Crippen LogP contribution < -0.4 is 5.32 Å². The smallest absolute Gasteiger partial charge is 0.0440 e. The summed E-state index contributed by atoms with van der Waals surface area (Å²) >= 11 is 1.87. The van der Waals surface area contributed by atoms with E-state index in [1.54, 1.807) is 0 Å². The molecule has 0 aromatic carbocycles. The molecule has 0 bridgehead atoms. The second kappa shape index (κ2) is 4.45. The topological polar surface area (TPSA) is 12.0 Å². The first-order chi connectivity index (χ1) is 6.77. The van der Waals surface area contributed by atoms with E-state index in [0.717, 1.165) is 6.04 Å². The zero-order valence-electron chi connectivity index (χ0n) is 8.99. The van der Waals surface area contributed by atoms with Crippen molar-refractivity contribution in [1.29, 1.82) is 0 Å². The molecular weight excluding hydrogens is 190 g/mol. The summed E-state index contributed by atoms with van der Waals surface area (Å²) in [6.45, 7) is 4.60. The van der Waals surface area contributed by atoms with Crippen LogP contribution in [0.2, 0.25) is 0 Å². The van der Waals surface area contributed by atoms with E-state index < -0.39 is 0 Å². The van der Waals surface area contributed by atoms with E-state index in [1.165, 1.54) is 24.1 Å². The Morgan fingerprint density at radius 2 is 2.21 bits per heavy atom. The molecule has 1 nitrogen and oxygen atoms in total. The summed E-state index contributed by atoms with van der Waals surface area (Å²) in [5.74, 6) is 0.689. The van der Waals surface area contributed by atoms with Crippen molar-refractivity contribution in [2.45, 2.75) is 45.2 Å². The number of hydrogen-bond donors (Lipinski definition) is 1. The molecule has 1 heterocycles. The SMILES string of the molecule is CC(C)C(NC1CCC1)c1cccs1. The lowest BCUT2D eigenvalue weighted by Gasteiger charge is -2.33. The Labute approximate surface area is 90.5 Å². The van der Waals surface area contributed by atoms with Crippen LogP contribution in [-0.2, 0) is 0 Å². The fraction of sp³-hybridized carbons (Fsp3) is 0.667. The molecule has 1 fully saturated rings. The summed E-state index contributed by atoms with van der Waals surface area (Å²) in [7, 11) is 0. The molecule has 1 aromatic rings. The van der Waals surface area contributed by atoms with Gasteiger partial charge in [-0.15, -0.1) is 11.3 Å². The van der Waals surface area contributed by atoms with E-state index in [9.17, 15) is 0 Å². The second-order valence-corrected chi connectivity index (χ2v) is 5.51. The third kappa shape index (κ3) is 2.18. The fourth-order valence-electron chi connectivity index (χ4n) is 1.90. The highest BCUT2D eigenvalue weighted by Crippen LogP contribution is 2.29. The van der Waals surface area contributed by atoms with Crippen LogP contribution in [0.1, 0.15) is 44.0 Å². The Balaban J connectivity index is 2.00. The first-order valence-electron chi connectivity index (χ1n) is 5.57. The fourth-order valence-corrected chi connectivity index (χ4v) is 2.86. The van der Waals surface area contributed by atoms with Crippen molar-refractivity contribution in [3.8, 4) is 0 Å². The Bertz CT molecular complexity index is 262. The molecule has 1 unspecified atom stereocenters. The van der Waals surface area contributed by atoms with E-state index in [-0.39, 0.29) is 0 Å². The Hall–Kier alpha value is -0.340. The maximum absolute atomic E-state index is 3.77. The molecule has 0 saturated heterocycles. The quantitative estimate of drug-likeness (QED) is 0.799. The van der Waals surface area contributed by atoms with Crippen LogP contribution in [0, 0.1) is 5.92 Å². The zero-order valence-corrected chi connectivity index (χ0v) is 9.81. The van der Waals surface area contributed by atoms with Gasteiger partial charge in [-0.05, 0) is 30.2 Å². The average molecular weight is 209 g/mol. The van der Waals surface area contributed by atoms with Crippen molar-refractivity contribution in [2.75, 3.05) is 0 Å². The van der Waals surface area contributed by atoms with Gasteiger partial charge in [-0.3, -0.25) is 0 Å². The lowest BCUT2D eigenvalue weighted by Crippen LogP contribution is -2.39. The van der Waals surface area contributed by atoms with E-state index in [2.05, 4.69) is 36.7 Å². The van der Waals surface area contributed by atoms with Crippen LogP contribution in [0.3, 0.4) is 0 Å². The zero-order chi connectivity index (χ0) is 9.97. The largest absolute Gasteiger partial charge is 0.306 e. The molecule has 0 aliphatic heterocycles. The van der Waals surface area contributed by atoms with Gasteiger partial charge in [-0.1, -0.05) is 26.3 Å². The molecule has 1 N–H and O–H groups in total. The summed E-state index contributed by atoms with van der Waals surface area (Å²) in [5, 5.41) is 5.94. The molecule has 2 heteroatoms. The van der Waals surface area contributed by atoms with Gasteiger partial charge in [0.1, 0.15) is 0 Å².